The largest absolute Gasteiger partial charge is 0.390 e. The Balaban J connectivity index is 1.59. The van der Waals surface area contributed by atoms with Crippen LogP contribution >= 0.6 is 0 Å². The zero-order chi connectivity index (χ0) is 24.4. The van der Waals surface area contributed by atoms with Crippen molar-refractivity contribution in [2.75, 3.05) is 0 Å². The van der Waals surface area contributed by atoms with Gasteiger partial charge >= 0.3 is 0 Å². The first-order valence-corrected chi connectivity index (χ1v) is 11.4. The first-order chi connectivity index (χ1) is 17.0. The molecule has 0 aliphatic carbocycles. The lowest BCUT2D eigenvalue weighted by molar-refractivity contribution is -0.129. The fourth-order valence-corrected chi connectivity index (χ4v) is 4.69. The molecule has 1 aromatic heterocycles. The second-order valence-corrected chi connectivity index (χ2v) is 8.58. The van der Waals surface area contributed by atoms with Gasteiger partial charge in [0.1, 0.15) is 0 Å². The van der Waals surface area contributed by atoms with E-state index in [9.17, 15) is 4.79 Å². The standard InChI is InChI=1S/C28H27N5O2/c1-19-25(20(2)33(31-19)23-16-10-5-11-17-23)28(18-24(29)35-32-28)27(34)30-26(21-12-6-3-7-13-21)22-14-8-4-9-15-22/h3-18,26,32H,29H2,1-2H3,(H,30,34). The van der Waals surface area contributed by atoms with Gasteiger partial charge in [-0.1, -0.05) is 78.9 Å². The maximum Gasteiger partial charge on any atom is 0.253 e. The lowest BCUT2D eigenvalue weighted by atomic mass is 9.87. The molecule has 0 saturated heterocycles. The number of hydroxylamine groups is 1. The van der Waals surface area contributed by atoms with Crippen LogP contribution in [-0.2, 0) is 15.2 Å². The van der Waals surface area contributed by atoms with E-state index in [0.29, 0.717) is 11.3 Å². The molecule has 1 unspecified atom stereocenters. The van der Waals surface area contributed by atoms with Gasteiger partial charge in [-0.2, -0.15) is 5.10 Å². The van der Waals surface area contributed by atoms with E-state index in [-0.39, 0.29) is 17.8 Å². The molecule has 4 N–H and O–H groups in total. The minimum Gasteiger partial charge on any atom is -0.390 e. The number of carbonyl (C=O) groups excluding carboxylic acids is 1. The van der Waals surface area contributed by atoms with Crippen molar-refractivity contribution in [3.8, 4) is 5.69 Å². The summed E-state index contributed by atoms with van der Waals surface area (Å²) in [5.41, 5.74) is 12.6. The minimum absolute atomic E-state index is 0.127. The zero-order valence-electron chi connectivity index (χ0n) is 19.6. The third-order valence-corrected chi connectivity index (χ3v) is 6.27. The van der Waals surface area contributed by atoms with E-state index in [0.717, 1.165) is 22.5 Å². The van der Waals surface area contributed by atoms with Crippen LogP contribution < -0.4 is 16.5 Å². The van der Waals surface area contributed by atoms with E-state index in [1.54, 1.807) is 6.08 Å². The molecule has 3 aromatic carbocycles. The first-order valence-electron chi connectivity index (χ1n) is 11.4. The fourth-order valence-electron chi connectivity index (χ4n) is 4.69. The normalized spacial score (nSPS) is 17.2. The Morgan fingerprint density at radius 1 is 0.943 bits per heavy atom. The van der Waals surface area contributed by atoms with Crippen LogP contribution in [0.15, 0.2) is 103 Å². The lowest BCUT2D eigenvalue weighted by Gasteiger charge is -2.29. The van der Waals surface area contributed by atoms with Gasteiger partial charge in [0, 0.05) is 17.3 Å². The van der Waals surface area contributed by atoms with Gasteiger partial charge in [-0.25, -0.2) is 4.68 Å². The predicted octanol–water partition coefficient (Wildman–Crippen LogP) is 3.93. The van der Waals surface area contributed by atoms with E-state index in [4.69, 9.17) is 15.7 Å². The molecule has 5 rings (SSSR count). The highest BCUT2D eigenvalue weighted by Gasteiger charge is 2.48. The summed E-state index contributed by atoms with van der Waals surface area (Å²) in [5, 5.41) is 7.98. The highest BCUT2D eigenvalue weighted by molar-refractivity contribution is 5.91. The molecule has 7 heteroatoms. The zero-order valence-corrected chi connectivity index (χ0v) is 19.6. The van der Waals surface area contributed by atoms with Crippen molar-refractivity contribution < 1.29 is 9.63 Å². The molecule has 2 heterocycles. The summed E-state index contributed by atoms with van der Waals surface area (Å²) in [4.78, 5) is 19.6. The van der Waals surface area contributed by atoms with Gasteiger partial charge in [-0.15, -0.1) is 5.48 Å². The topological polar surface area (TPSA) is 94.2 Å². The van der Waals surface area contributed by atoms with Crippen LogP contribution in [0.3, 0.4) is 0 Å². The number of nitrogens with two attached hydrogens (primary N) is 1. The Morgan fingerprint density at radius 2 is 1.49 bits per heavy atom. The number of benzene rings is 3. The highest BCUT2D eigenvalue weighted by atomic mass is 16.7. The van der Waals surface area contributed by atoms with Crippen molar-refractivity contribution in [2.45, 2.75) is 25.4 Å². The summed E-state index contributed by atoms with van der Waals surface area (Å²) < 4.78 is 1.83. The Bertz CT molecular complexity index is 1330. The predicted molar refractivity (Wildman–Crippen MR) is 134 cm³/mol. The second kappa shape index (κ2) is 9.12. The SMILES string of the molecule is Cc1nn(-c2ccccc2)c(C)c1C1(C(=O)NC(c2ccccc2)c2ccccc2)C=C(N)ON1. The molecule has 176 valence electrons. The van der Waals surface area contributed by atoms with E-state index in [2.05, 4.69) is 10.8 Å². The van der Waals surface area contributed by atoms with Crippen molar-refractivity contribution in [1.29, 1.82) is 0 Å². The molecule has 7 nitrogen and oxygen atoms in total. The number of aromatic nitrogens is 2. The first kappa shape index (κ1) is 22.4. The Kier molecular flexibility index (Phi) is 5.84. The molecule has 0 fully saturated rings. The smallest absolute Gasteiger partial charge is 0.253 e. The van der Waals surface area contributed by atoms with Crippen LogP contribution in [-0.4, -0.2) is 15.7 Å². The lowest BCUT2D eigenvalue weighted by Crippen LogP contribution is -2.52. The van der Waals surface area contributed by atoms with Crippen molar-refractivity contribution in [2.24, 2.45) is 5.73 Å². The van der Waals surface area contributed by atoms with Crippen LogP contribution in [0.25, 0.3) is 5.69 Å². The van der Waals surface area contributed by atoms with Crippen molar-refractivity contribution in [3.63, 3.8) is 0 Å². The molecule has 4 aromatic rings. The number of rotatable bonds is 6. The summed E-state index contributed by atoms with van der Waals surface area (Å²) in [6.07, 6.45) is 1.61. The van der Waals surface area contributed by atoms with E-state index in [1.165, 1.54) is 0 Å². The molecule has 1 amide bonds. The van der Waals surface area contributed by atoms with Crippen LogP contribution in [0, 0.1) is 13.8 Å². The van der Waals surface area contributed by atoms with Crippen molar-refractivity contribution in [1.82, 2.24) is 20.6 Å². The van der Waals surface area contributed by atoms with Crippen molar-refractivity contribution >= 4 is 5.91 Å². The quantitative estimate of drug-likeness (QED) is 0.401. The average molecular weight is 466 g/mol. The molecule has 0 radical (unpaired) electrons. The van der Waals surface area contributed by atoms with E-state index < -0.39 is 5.54 Å². The summed E-state index contributed by atoms with van der Waals surface area (Å²) in [7, 11) is 0. The van der Waals surface area contributed by atoms with Gasteiger partial charge in [0.2, 0.25) is 5.88 Å². The number of carbonyl (C=O) groups is 1. The molecular formula is C28H27N5O2. The summed E-state index contributed by atoms with van der Waals surface area (Å²) in [6.45, 7) is 3.82. The van der Waals surface area contributed by atoms with Crippen LogP contribution in [0.5, 0.6) is 0 Å². The fraction of sp³-hybridized carbons (Fsp3) is 0.143. The van der Waals surface area contributed by atoms with Gasteiger partial charge in [0.15, 0.2) is 5.54 Å². The summed E-state index contributed by atoms with van der Waals surface area (Å²) in [5.74, 6) is -0.170. The number of aryl methyl sites for hydroxylation is 1. The Hall–Kier alpha value is -4.36. The van der Waals surface area contributed by atoms with Crippen molar-refractivity contribution in [3.05, 3.63) is 131 Å². The molecule has 35 heavy (non-hydrogen) atoms. The summed E-state index contributed by atoms with van der Waals surface area (Å²) in [6, 6.07) is 29.2. The summed E-state index contributed by atoms with van der Waals surface area (Å²) >= 11 is 0. The Morgan fingerprint density at radius 3 is 2.00 bits per heavy atom. The maximum atomic E-state index is 14.1. The number of nitrogens with one attached hydrogen (secondary N) is 2. The van der Waals surface area contributed by atoms with Gasteiger partial charge in [-0.3, -0.25) is 4.79 Å². The second-order valence-electron chi connectivity index (χ2n) is 8.58. The van der Waals surface area contributed by atoms with Crippen LogP contribution in [0.2, 0.25) is 0 Å². The molecule has 1 aliphatic rings. The van der Waals surface area contributed by atoms with E-state index >= 15 is 0 Å². The minimum atomic E-state index is -1.35. The molecule has 0 saturated carbocycles. The molecule has 0 spiro atoms. The number of hydrogen-bond donors (Lipinski definition) is 3. The van der Waals surface area contributed by atoms with Gasteiger partial charge in [0.05, 0.1) is 17.4 Å². The average Bonchev–Trinajstić information content (AvgIpc) is 3.43. The van der Waals surface area contributed by atoms with Gasteiger partial charge in [0.25, 0.3) is 5.91 Å². The molecule has 1 atom stereocenters. The third-order valence-electron chi connectivity index (χ3n) is 6.27. The number of nitrogens with zero attached hydrogens (tertiary/aromatic N) is 2. The van der Waals surface area contributed by atoms with Crippen LogP contribution in [0.4, 0.5) is 0 Å². The molecule has 1 aliphatic heterocycles. The molecular weight excluding hydrogens is 438 g/mol. The Labute approximate surface area is 204 Å². The third kappa shape index (κ3) is 4.06. The maximum absolute atomic E-state index is 14.1. The molecule has 0 bridgehead atoms. The number of para-hydroxylation sites is 1. The van der Waals surface area contributed by atoms with E-state index in [1.807, 2.05) is 110 Å². The monoisotopic (exact) mass is 465 g/mol. The van der Waals surface area contributed by atoms with Crippen LogP contribution in [0.1, 0.15) is 34.1 Å². The number of hydrogen-bond acceptors (Lipinski definition) is 5. The van der Waals surface area contributed by atoms with Gasteiger partial charge in [-0.05, 0) is 37.1 Å². The number of amides is 1. The highest BCUT2D eigenvalue weighted by Crippen LogP contribution is 2.35. The van der Waals surface area contributed by atoms with Gasteiger partial charge < -0.3 is 15.9 Å².